The van der Waals surface area contributed by atoms with Gasteiger partial charge in [0.1, 0.15) is 6.04 Å². The second-order valence-electron chi connectivity index (χ2n) is 5.70. The van der Waals surface area contributed by atoms with Crippen LogP contribution < -0.4 is 0 Å². The van der Waals surface area contributed by atoms with Crippen LogP contribution in [0, 0.1) is 0 Å². The van der Waals surface area contributed by atoms with E-state index in [0.717, 1.165) is 21.4 Å². The average Bonchev–Trinajstić information content (AvgIpc) is 3.16. The van der Waals surface area contributed by atoms with Crippen molar-refractivity contribution in [3.05, 3.63) is 36.0 Å². The van der Waals surface area contributed by atoms with E-state index in [-0.39, 0.29) is 11.8 Å². The van der Waals surface area contributed by atoms with Gasteiger partial charge >= 0.3 is 6.03 Å². The zero-order valence-electron chi connectivity index (χ0n) is 11.9. The fourth-order valence-corrected chi connectivity index (χ4v) is 3.34. The second-order valence-corrected chi connectivity index (χ2v) is 5.70. The Balaban J connectivity index is 1.54. The molecule has 1 aromatic heterocycles. The van der Waals surface area contributed by atoms with Crippen molar-refractivity contribution in [3.8, 4) is 0 Å². The number of H-pyrrole nitrogens is 1. The summed E-state index contributed by atoms with van der Waals surface area (Å²) in [6.07, 6.45) is 3.23. The molecule has 1 N–H and O–H groups in total. The van der Waals surface area contributed by atoms with E-state index in [2.05, 4.69) is 4.98 Å². The van der Waals surface area contributed by atoms with Crippen molar-refractivity contribution in [2.24, 2.45) is 0 Å². The van der Waals surface area contributed by atoms with Gasteiger partial charge in [0.2, 0.25) is 5.91 Å². The van der Waals surface area contributed by atoms with E-state index in [0.29, 0.717) is 25.8 Å². The maximum Gasteiger partial charge on any atom is 0.334 e. The van der Waals surface area contributed by atoms with Crippen LogP contribution in [0.4, 0.5) is 4.79 Å². The number of carbonyl (C=O) groups is 3. The van der Waals surface area contributed by atoms with E-state index in [1.54, 1.807) is 0 Å². The van der Waals surface area contributed by atoms with Crippen molar-refractivity contribution < 1.29 is 14.4 Å². The summed E-state index contributed by atoms with van der Waals surface area (Å²) in [6, 6.07) is 6.88. The number of fused-ring (bicyclic) bond motifs is 2. The van der Waals surface area contributed by atoms with Crippen molar-refractivity contribution in [3.63, 3.8) is 0 Å². The largest absolute Gasteiger partial charge is 0.361 e. The minimum Gasteiger partial charge on any atom is -0.361 e. The molecule has 0 unspecified atom stereocenters. The highest BCUT2D eigenvalue weighted by molar-refractivity contribution is 6.13. The zero-order chi connectivity index (χ0) is 15.3. The van der Waals surface area contributed by atoms with Gasteiger partial charge in [-0.2, -0.15) is 0 Å². The minimum atomic E-state index is -0.567. The Labute approximate surface area is 126 Å². The highest BCUT2D eigenvalue weighted by Gasteiger charge is 2.51. The SMILES string of the molecule is O=C1[C@H]2CCC(=O)N2C(=O)N1CCc1c[nH]c2ccccc12. The third-order valence-electron chi connectivity index (χ3n) is 4.48. The molecule has 0 aliphatic carbocycles. The Morgan fingerprint density at radius 3 is 2.82 bits per heavy atom. The highest BCUT2D eigenvalue weighted by Crippen LogP contribution is 2.29. The van der Waals surface area contributed by atoms with E-state index < -0.39 is 12.1 Å². The zero-order valence-corrected chi connectivity index (χ0v) is 11.9. The molecule has 1 atom stereocenters. The van der Waals surface area contributed by atoms with Gasteiger partial charge in [-0.25, -0.2) is 4.79 Å². The molecule has 2 fully saturated rings. The molecular formula is C16H15N3O3. The molecule has 2 aromatic rings. The van der Waals surface area contributed by atoms with Crippen LogP contribution >= 0.6 is 0 Å². The van der Waals surface area contributed by atoms with Crippen LogP contribution in [-0.2, 0) is 16.0 Å². The Bertz CT molecular complexity index is 795. The van der Waals surface area contributed by atoms with Crippen LogP contribution in [0.5, 0.6) is 0 Å². The lowest BCUT2D eigenvalue weighted by Crippen LogP contribution is -2.36. The lowest BCUT2D eigenvalue weighted by atomic mass is 10.1. The number of urea groups is 1. The van der Waals surface area contributed by atoms with E-state index in [1.807, 2.05) is 30.5 Å². The van der Waals surface area contributed by atoms with Crippen LogP contribution in [0.2, 0.25) is 0 Å². The molecular weight excluding hydrogens is 282 g/mol. The summed E-state index contributed by atoms with van der Waals surface area (Å²) >= 11 is 0. The van der Waals surface area contributed by atoms with E-state index in [1.165, 1.54) is 4.90 Å². The van der Waals surface area contributed by atoms with Gasteiger partial charge in [-0.1, -0.05) is 18.2 Å². The van der Waals surface area contributed by atoms with Crippen molar-refractivity contribution in [1.82, 2.24) is 14.8 Å². The molecule has 0 radical (unpaired) electrons. The summed E-state index contributed by atoms with van der Waals surface area (Å²) in [5.41, 5.74) is 2.10. The van der Waals surface area contributed by atoms with Crippen molar-refractivity contribution in [2.75, 3.05) is 6.54 Å². The number of imide groups is 2. The number of nitrogens with zero attached hydrogens (tertiary/aromatic N) is 2. The fourth-order valence-electron chi connectivity index (χ4n) is 3.34. The number of aromatic amines is 1. The predicted molar refractivity (Wildman–Crippen MR) is 79.0 cm³/mol. The Morgan fingerprint density at radius 1 is 1.18 bits per heavy atom. The molecule has 2 aliphatic heterocycles. The van der Waals surface area contributed by atoms with Crippen LogP contribution in [0.15, 0.2) is 30.5 Å². The predicted octanol–water partition coefficient (Wildman–Crippen LogP) is 1.66. The molecule has 0 saturated carbocycles. The molecule has 2 saturated heterocycles. The number of hydrogen-bond donors (Lipinski definition) is 1. The molecule has 6 nitrogen and oxygen atoms in total. The molecule has 3 heterocycles. The third-order valence-corrected chi connectivity index (χ3v) is 4.48. The maximum atomic E-state index is 12.3. The number of amides is 4. The average molecular weight is 297 g/mol. The molecule has 6 heteroatoms. The van der Waals surface area contributed by atoms with Crippen LogP contribution in [0.3, 0.4) is 0 Å². The smallest absolute Gasteiger partial charge is 0.334 e. The minimum absolute atomic E-state index is 0.238. The summed E-state index contributed by atoms with van der Waals surface area (Å²) in [4.78, 5) is 41.7. The Hall–Kier alpha value is -2.63. The first-order valence-corrected chi connectivity index (χ1v) is 7.39. The number of rotatable bonds is 3. The van der Waals surface area contributed by atoms with Crippen molar-refractivity contribution >= 4 is 28.7 Å². The number of aromatic nitrogens is 1. The molecule has 112 valence electrons. The summed E-state index contributed by atoms with van der Waals surface area (Å²) < 4.78 is 0. The number of benzene rings is 1. The number of hydrogen-bond acceptors (Lipinski definition) is 3. The third kappa shape index (κ3) is 1.76. The number of para-hydroxylation sites is 1. The standard InChI is InChI=1S/C16H15N3O3/c20-14-6-5-13-15(21)18(16(22)19(13)14)8-7-10-9-17-12-4-2-1-3-11(10)12/h1-4,9,13,17H,5-8H2/t13-/m1/s1. The Morgan fingerprint density at radius 2 is 2.00 bits per heavy atom. The first-order chi connectivity index (χ1) is 10.7. The van der Waals surface area contributed by atoms with E-state index in [4.69, 9.17) is 0 Å². The van der Waals surface area contributed by atoms with Gasteiger partial charge in [-0.3, -0.25) is 19.4 Å². The second kappa shape index (κ2) is 4.69. The summed E-state index contributed by atoms with van der Waals surface area (Å²) in [7, 11) is 0. The first kappa shape index (κ1) is 13.1. The first-order valence-electron chi connectivity index (χ1n) is 7.39. The lowest BCUT2D eigenvalue weighted by Gasteiger charge is -2.14. The molecule has 22 heavy (non-hydrogen) atoms. The highest BCUT2D eigenvalue weighted by atomic mass is 16.2. The lowest BCUT2D eigenvalue weighted by molar-refractivity contribution is -0.130. The van der Waals surface area contributed by atoms with Gasteiger partial charge in [0.15, 0.2) is 0 Å². The molecule has 0 spiro atoms. The Kier molecular flexibility index (Phi) is 2.79. The van der Waals surface area contributed by atoms with Gasteiger partial charge in [0.05, 0.1) is 0 Å². The maximum absolute atomic E-state index is 12.3. The van der Waals surface area contributed by atoms with Crippen LogP contribution in [0.1, 0.15) is 18.4 Å². The van der Waals surface area contributed by atoms with Gasteiger partial charge < -0.3 is 4.98 Å². The summed E-state index contributed by atoms with van der Waals surface area (Å²) in [6.45, 7) is 0.305. The van der Waals surface area contributed by atoms with E-state index in [9.17, 15) is 14.4 Å². The van der Waals surface area contributed by atoms with Gasteiger partial charge in [0, 0.05) is 30.1 Å². The van der Waals surface area contributed by atoms with Crippen molar-refractivity contribution in [2.45, 2.75) is 25.3 Å². The fraction of sp³-hybridized carbons (Fsp3) is 0.312. The topological polar surface area (TPSA) is 73.5 Å². The van der Waals surface area contributed by atoms with Gasteiger partial charge in [-0.05, 0) is 24.5 Å². The summed E-state index contributed by atoms with van der Waals surface area (Å²) in [5.74, 6) is -0.478. The van der Waals surface area contributed by atoms with Crippen LogP contribution in [-0.4, -0.2) is 45.2 Å². The normalized spacial score (nSPS) is 21.3. The molecule has 4 amide bonds. The monoisotopic (exact) mass is 297 g/mol. The molecule has 1 aromatic carbocycles. The van der Waals surface area contributed by atoms with Gasteiger partial charge in [-0.15, -0.1) is 0 Å². The molecule has 4 rings (SSSR count). The van der Waals surface area contributed by atoms with Crippen LogP contribution in [0.25, 0.3) is 10.9 Å². The summed E-state index contributed by atoms with van der Waals surface area (Å²) in [5, 5.41) is 1.10. The van der Waals surface area contributed by atoms with E-state index >= 15 is 0 Å². The van der Waals surface area contributed by atoms with Crippen molar-refractivity contribution in [1.29, 1.82) is 0 Å². The number of carbonyl (C=O) groups excluding carboxylic acids is 3. The molecule has 2 aliphatic rings. The molecule has 0 bridgehead atoms. The number of nitrogens with one attached hydrogen (secondary N) is 1. The quantitative estimate of drug-likeness (QED) is 0.876. The van der Waals surface area contributed by atoms with Gasteiger partial charge in [0.25, 0.3) is 5.91 Å².